The van der Waals surface area contributed by atoms with Crippen LogP contribution in [0.4, 0.5) is 5.69 Å². The summed E-state index contributed by atoms with van der Waals surface area (Å²) < 4.78 is 5.79. The van der Waals surface area contributed by atoms with Crippen LogP contribution in [0.5, 0.6) is 0 Å². The number of ether oxygens (including phenoxy) is 1. The van der Waals surface area contributed by atoms with Crippen molar-refractivity contribution < 1.29 is 4.74 Å². The summed E-state index contributed by atoms with van der Waals surface area (Å²) in [6.07, 6.45) is 6.77. The van der Waals surface area contributed by atoms with Crippen molar-refractivity contribution in [2.45, 2.75) is 50.3 Å². The molecule has 2 aliphatic rings. The SMILES string of the molecule is CCNC(=NCC1(SC)CCOCC1)NC1CCCN(c2ccc(C)cc2)C1. The highest BCUT2D eigenvalue weighted by Crippen LogP contribution is 2.34. The van der Waals surface area contributed by atoms with Gasteiger partial charge in [0.05, 0.1) is 6.54 Å². The maximum absolute atomic E-state index is 5.57. The first-order valence-electron chi connectivity index (χ1n) is 10.6. The van der Waals surface area contributed by atoms with Crippen molar-refractivity contribution in [1.82, 2.24) is 10.6 Å². The minimum absolute atomic E-state index is 0.223. The minimum atomic E-state index is 0.223. The number of thioether (sulfide) groups is 1. The molecule has 1 aromatic rings. The van der Waals surface area contributed by atoms with Crippen LogP contribution in [0.15, 0.2) is 29.3 Å². The van der Waals surface area contributed by atoms with Crippen molar-refractivity contribution in [3.8, 4) is 0 Å². The van der Waals surface area contributed by atoms with E-state index in [0.29, 0.717) is 6.04 Å². The second-order valence-corrected chi connectivity index (χ2v) is 9.23. The van der Waals surface area contributed by atoms with Crippen molar-refractivity contribution in [2.75, 3.05) is 50.5 Å². The van der Waals surface area contributed by atoms with E-state index in [1.54, 1.807) is 0 Å². The lowest BCUT2D eigenvalue weighted by atomic mass is 9.99. The van der Waals surface area contributed by atoms with Gasteiger partial charge in [0, 0.05) is 49.3 Å². The number of anilines is 1. The van der Waals surface area contributed by atoms with Crippen LogP contribution in [0.2, 0.25) is 0 Å². The topological polar surface area (TPSA) is 48.9 Å². The predicted molar refractivity (Wildman–Crippen MR) is 122 cm³/mol. The van der Waals surface area contributed by atoms with E-state index in [1.165, 1.54) is 24.1 Å². The van der Waals surface area contributed by atoms with Gasteiger partial charge < -0.3 is 20.3 Å². The van der Waals surface area contributed by atoms with E-state index in [0.717, 1.165) is 58.2 Å². The van der Waals surface area contributed by atoms with Crippen molar-refractivity contribution in [1.29, 1.82) is 0 Å². The van der Waals surface area contributed by atoms with Gasteiger partial charge >= 0.3 is 0 Å². The molecule has 0 aromatic heterocycles. The summed E-state index contributed by atoms with van der Waals surface area (Å²) in [5.74, 6) is 0.957. The van der Waals surface area contributed by atoms with E-state index >= 15 is 0 Å². The predicted octanol–water partition coefficient (Wildman–Crippen LogP) is 3.43. The van der Waals surface area contributed by atoms with Gasteiger partial charge in [0.2, 0.25) is 0 Å². The van der Waals surface area contributed by atoms with E-state index in [2.05, 4.69) is 59.9 Å². The standard InChI is InChI=1S/C22H36N4OS/c1-4-23-21(24-17-22(28-3)11-14-27-15-12-22)25-19-6-5-13-26(16-19)20-9-7-18(2)8-10-20/h7-10,19H,4-6,11-17H2,1-3H3,(H2,23,24,25). The molecule has 1 atom stereocenters. The number of nitrogens with one attached hydrogen (secondary N) is 2. The number of aryl methyl sites for hydroxylation is 1. The molecule has 0 saturated carbocycles. The number of hydrogen-bond acceptors (Lipinski definition) is 4. The molecule has 3 rings (SSSR count). The van der Waals surface area contributed by atoms with Gasteiger partial charge in [0.1, 0.15) is 0 Å². The zero-order valence-electron chi connectivity index (χ0n) is 17.7. The molecule has 2 N–H and O–H groups in total. The molecular weight excluding hydrogens is 368 g/mol. The number of guanidine groups is 1. The molecule has 2 heterocycles. The fourth-order valence-electron chi connectivity index (χ4n) is 3.99. The molecule has 2 aliphatic heterocycles. The number of piperidine rings is 1. The minimum Gasteiger partial charge on any atom is -0.381 e. The van der Waals surface area contributed by atoms with Gasteiger partial charge in [-0.15, -0.1) is 0 Å². The van der Waals surface area contributed by atoms with Crippen LogP contribution >= 0.6 is 11.8 Å². The molecular formula is C22H36N4OS. The summed E-state index contributed by atoms with van der Waals surface area (Å²) >= 11 is 1.95. The largest absolute Gasteiger partial charge is 0.381 e. The summed E-state index contributed by atoms with van der Waals surface area (Å²) in [6.45, 7) is 9.87. The summed E-state index contributed by atoms with van der Waals surface area (Å²) in [5.41, 5.74) is 2.63. The first kappa shape index (κ1) is 21.3. The zero-order chi connectivity index (χ0) is 19.8. The third-order valence-corrected chi connectivity index (χ3v) is 7.27. The van der Waals surface area contributed by atoms with Crippen LogP contribution in [-0.2, 0) is 4.74 Å². The number of benzene rings is 1. The lowest BCUT2D eigenvalue weighted by molar-refractivity contribution is 0.0794. The Morgan fingerprint density at radius 2 is 2.04 bits per heavy atom. The summed E-state index contributed by atoms with van der Waals surface area (Å²) in [5, 5.41) is 7.16. The molecule has 0 bridgehead atoms. The third kappa shape index (κ3) is 5.80. The first-order valence-corrected chi connectivity index (χ1v) is 11.9. The van der Waals surface area contributed by atoms with Crippen LogP contribution in [0.1, 0.15) is 38.2 Å². The molecule has 1 aromatic carbocycles. The Hall–Kier alpha value is -1.40. The van der Waals surface area contributed by atoms with E-state index in [9.17, 15) is 0 Å². The Morgan fingerprint density at radius 1 is 1.29 bits per heavy atom. The average Bonchev–Trinajstić information content (AvgIpc) is 2.74. The molecule has 0 amide bonds. The molecule has 2 fully saturated rings. The van der Waals surface area contributed by atoms with Gasteiger partial charge in [-0.3, -0.25) is 4.99 Å². The molecule has 28 heavy (non-hydrogen) atoms. The van der Waals surface area contributed by atoms with Gasteiger partial charge in [0.15, 0.2) is 5.96 Å². The zero-order valence-corrected chi connectivity index (χ0v) is 18.5. The van der Waals surface area contributed by atoms with Crippen molar-refractivity contribution in [2.24, 2.45) is 4.99 Å². The lowest BCUT2D eigenvalue weighted by Crippen LogP contribution is -2.51. The Morgan fingerprint density at radius 3 is 2.71 bits per heavy atom. The van der Waals surface area contributed by atoms with Crippen LogP contribution in [-0.4, -0.2) is 62.4 Å². The van der Waals surface area contributed by atoms with Gasteiger partial charge in [-0.1, -0.05) is 17.7 Å². The fourth-order valence-corrected chi connectivity index (χ4v) is 4.76. The van der Waals surface area contributed by atoms with Gasteiger partial charge in [-0.05, 0) is 57.9 Å². The van der Waals surface area contributed by atoms with E-state index in [1.807, 2.05) is 11.8 Å². The van der Waals surface area contributed by atoms with E-state index < -0.39 is 0 Å². The number of nitrogens with zero attached hydrogens (tertiary/aromatic N) is 2. The molecule has 5 nitrogen and oxygen atoms in total. The smallest absolute Gasteiger partial charge is 0.191 e. The third-order valence-electron chi connectivity index (χ3n) is 5.87. The quantitative estimate of drug-likeness (QED) is 0.562. The maximum atomic E-state index is 5.57. The van der Waals surface area contributed by atoms with Crippen molar-refractivity contribution >= 4 is 23.4 Å². The fraction of sp³-hybridized carbons (Fsp3) is 0.682. The normalized spacial score (nSPS) is 22.8. The molecule has 1 unspecified atom stereocenters. The highest BCUT2D eigenvalue weighted by atomic mass is 32.2. The van der Waals surface area contributed by atoms with Gasteiger partial charge in [-0.25, -0.2) is 0 Å². The molecule has 0 spiro atoms. The highest BCUT2D eigenvalue weighted by molar-refractivity contribution is 8.00. The van der Waals surface area contributed by atoms with E-state index in [-0.39, 0.29) is 4.75 Å². The number of hydrogen-bond donors (Lipinski definition) is 2. The highest BCUT2D eigenvalue weighted by Gasteiger charge is 2.31. The van der Waals surface area contributed by atoms with Crippen LogP contribution < -0.4 is 15.5 Å². The summed E-state index contributed by atoms with van der Waals surface area (Å²) in [7, 11) is 0. The number of rotatable bonds is 6. The Bertz CT molecular complexity index is 628. The Kier molecular flexibility index (Phi) is 7.91. The Balaban J connectivity index is 1.61. The molecule has 6 heteroatoms. The first-order chi connectivity index (χ1) is 13.6. The second-order valence-electron chi connectivity index (χ2n) is 7.96. The van der Waals surface area contributed by atoms with E-state index in [4.69, 9.17) is 9.73 Å². The molecule has 2 saturated heterocycles. The summed E-state index contributed by atoms with van der Waals surface area (Å²) in [6, 6.07) is 9.31. The van der Waals surface area contributed by atoms with Crippen LogP contribution in [0, 0.1) is 6.92 Å². The molecule has 156 valence electrons. The maximum Gasteiger partial charge on any atom is 0.191 e. The van der Waals surface area contributed by atoms with Crippen molar-refractivity contribution in [3.05, 3.63) is 29.8 Å². The molecule has 0 radical (unpaired) electrons. The van der Waals surface area contributed by atoms with Crippen LogP contribution in [0.3, 0.4) is 0 Å². The molecule has 0 aliphatic carbocycles. The Labute approximate surface area is 174 Å². The second kappa shape index (κ2) is 10.4. The number of aliphatic imine (C=N–C) groups is 1. The average molecular weight is 405 g/mol. The van der Waals surface area contributed by atoms with Crippen LogP contribution in [0.25, 0.3) is 0 Å². The van der Waals surface area contributed by atoms with Crippen molar-refractivity contribution in [3.63, 3.8) is 0 Å². The van der Waals surface area contributed by atoms with Gasteiger partial charge in [-0.2, -0.15) is 11.8 Å². The summed E-state index contributed by atoms with van der Waals surface area (Å²) in [4.78, 5) is 7.48. The van der Waals surface area contributed by atoms with Gasteiger partial charge in [0.25, 0.3) is 0 Å². The lowest BCUT2D eigenvalue weighted by Gasteiger charge is -2.36. The monoisotopic (exact) mass is 404 g/mol.